The Labute approximate surface area is 125 Å². The Kier molecular flexibility index (Phi) is 5.24. The highest BCUT2D eigenvalue weighted by atomic mass is 35.5. The summed E-state index contributed by atoms with van der Waals surface area (Å²) in [6.45, 7) is 4.37. The predicted molar refractivity (Wildman–Crippen MR) is 82.7 cm³/mol. The average molecular weight is 295 g/mol. The second kappa shape index (κ2) is 6.94. The SMILES string of the molecule is CC=CC1CC=C(c2ccc(OCC)c(Cl)c2F)CC1. The first-order valence-corrected chi connectivity index (χ1v) is 7.48. The fourth-order valence-electron chi connectivity index (χ4n) is 2.59. The van der Waals surface area contributed by atoms with E-state index >= 15 is 0 Å². The molecule has 2 rings (SSSR count). The van der Waals surface area contributed by atoms with Crippen molar-refractivity contribution in [2.24, 2.45) is 5.92 Å². The smallest absolute Gasteiger partial charge is 0.153 e. The lowest BCUT2D eigenvalue weighted by atomic mass is 9.86. The first-order chi connectivity index (χ1) is 9.67. The molecule has 1 nitrogen and oxygen atoms in total. The van der Waals surface area contributed by atoms with E-state index < -0.39 is 0 Å². The van der Waals surface area contributed by atoms with Crippen LogP contribution in [0.5, 0.6) is 5.75 Å². The molecule has 108 valence electrons. The molecular weight excluding hydrogens is 275 g/mol. The van der Waals surface area contributed by atoms with E-state index in [2.05, 4.69) is 18.2 Å². The van der Waals surface area contributed by atoms with Gasteiger partial charge in [0.25, 0.3) is 0 Å². The van der Waals surface area contributed by atoms with E-state index in [0.29, 0.717) is 23.8 Å². The topological polar surface area (TPSA) is 9.23 Å². The molecule has 0 amide bonds. The molecule has 0 fully saturated rings. The van der Waals surface area contributed by atoms with E-state index in [1.165, 1.54) is 0 Å². The largest absolute Gasteiger partial charge is 0.492 e. The lowest BCUT2D eigenvalue weighted by Crippen LogP contribution is -2.04. The van der Waals surface area contributed by atoms with Crippen LogP contribution in [-0.2, 0) is 0 Å². The Morgan fingerprint density at radius 3 is 2.85 bits per heavy atom. The summed E-state index contributed by atoms with van der Waals surface area (Å²) < 4.78 is 19.7. The van der Waals surface area contributed by atoms with Crippen molar-refractivity contribution in [2.45, 2.75) is 33.1 Å². The summed E-state index contributed by atoms with van der Waals surface area (Å²) in [6.07, 6.45) is 9.33. The van der Waals surface area contributed by atoms with Gasteiger partial charge in [-0.3, -0.25) is 0 Å². The molecule has 0 radical (unpaired) electrons. The van der Waals surface area contributed by atoms with Gasteiger partial charge in [0.1, 0.15) is 10.8 Å². The Morgan fingerprint density at radius 1 is 1.45 bits per heavy atom. The third kappa shape index (κ3) is 3.24. The van der Waals surface area contributed by atoms with Crippen LogP contribution >= 0.6 is 11.6 Å². The molecular formula is C17H20ClFO. The summed E-state index contributed by atoms with van der Waals surface area (Å²) in [5, 5.41) is 0.0841. The third-order valence-corrected chi connectivity index (χ3v) is 3.96. The molecule has 0 heterocycles. The van der Waals surface area contributed by atoms with E-state index in [1.807, 2.05) is 13.8 Å². The van der Waals surface area contributed by atoms with Crippen LogP contribution in [0.25, 0.3) is 5.57 Å². The van der Waals surface area contributed by atoms with Gasteiger partial charge in [-0.25, -0.2) is 4.39 Å². The van der Waals surface area contributed by atoms with Gasteiger partial charge in [-0.15, -0.1) is 0 Å². The molecule has 0 aliphatic heterocycles. The fourth-order valence-corrected chi connectivity index (χ4v) is 2.81. The van der Waals surface area contributed by atoms with Gasteiger partial charge in [0, 0.05) is 5.56 Å². The molecule has 0 saturated carbocycles. The van der Waals surface area contributed by atoms with E-state index in [4.69, 9.17) is 16.3 Å². The molecule has 0 saturated heterocycles. The maximum absolute atomic E-state index is 14.3. The van der Waals surface area contributed by atoms with Crippen molar-refractivity contribution in [3.8, 4) is 5.75 Å². The van der Waals surface area contributed by atoms with Crippen molar-refractivity contribution in [1.29, 1.82) is 0 Å². The number of hydrogen-bond acceptors (Lipinski definition) is 1. The highest BCUT2D eigenvalue weighted by Crippen LogP contribution is 2.37. The van der Waals surface area contributed by atoms with Crippen LogP contribution in [-0.4, -0.2) is 6.61 Å². The van der Waals surface area contributed by atoms with E-state index in [9.17, 15) is 4.39 Å². The first-order valence-electron chi connectivity index (χ1n) is 7.10. The standard InChI is InChI=1S/C17H20ClFO/c1-3-5-12-6-8-13(9-7-12)14-10-11-15(20-4-2)16(18)17(14)19/h3,5,8,10-12H,4,6-7,9H2,1-2H3. The summed E-state index contributed by atoms with van der Waals surface area (Å²) in [7, 11) is 0. The van der Waals surface area contributed by atoms with Gasteiger partial charge in [0.05, 0.1) is 6.61 Å². The summed E-state index contributed by atoms with van der Waals surface area (Å²) >= 11 is 6.04. The van der Waals surface area contributed by atoms with Gasteiger partial charge >= 0.3 is 0 Å². The highest BCUT2D eigenvalue weighted by molar-refractivity contribution is 6.32. The van der Waals surface area contributed by atoms with Gasteiger partial charge in [0.2, 0.25) is 0 Å². The Morgan fingerprint density at radius 2 is 2.25 bits per heavy atom. The lowest BCUT2D eigenvalue weighted by molar-refractivity contribution is 0.338. The number of ether oxygens (including phenoxy) is 1. The normalized spacial score (nSPS) is 19.2. The number of rotatable bonds is 4. The van der Waals surface area contributed by atoms with E-state index in [1.54, 1.807) is 12.1 Å². The first kappa shape index (κ1) is 15.1. The van der Waals surface area contributed by atoms with Crippen LogP contribution in [0, 0.1) is 11.7 Å². The molecule has 1 unspecified atom stereocenters. The minimum atomic E-state index is -0.367. The second-order valence-corrected chi connectivity index (χ2v) is 5.34. The van der Waals surface area contributed by atoms with Gasteiger partial charge < -0.3 is 4.74 Å². The third-order valence-electron chi connectivity index (χ3n) is 3.61. The number of halogens is 2. The van der Waals surface area contributed by atoms with Gasteiger partial charge in [0.15, 0.2) is 5.82 Å². The van der Waals surface area contributed by atoms with E-state index in [-0.39, 0.29) is 10.8 Å². The minimum absolute atomic E-state index is 0.0841. The maximum atomic E-state index is 14.3. The zero-order valence-corrected chi connectivity index (χ0v) is 12.7. The van der Waals surface area contributed by atoms with Crippen molar-refractivity contribution in [3.63, 3.8) is 0 Å². The number of hydrogen-bond donors (Lipinski definition) is 0. The summed E-state index contributed by atoms with van der Waals surface area (Å²) in [5.74, 6) is 0.622. The number of benzene rings is 1. The summed E-state index contributed by atoms with van der Waals surface area (Å²) in [4.78, 5) is 0. The Bertz CT molecular complexity index is 534. The average Bonchev–Trinajstić information content (AvgIpc) is 2.46. The minimum Gasteiger partial charge on any atom is -0.492 e. The molecule has 20 heavy (non-hydrogen) atoms. The van der Waals surface area contributed by atoms with Crippen molar-refractivity contribution in [2.75, 3.05) is 6.61 Å². The van der Waals surface area contributed by atoms with Crippen LogP contribution in [0.1, 0.15) is 38.7 Å². The molecule has 1 aliphatic rings. The van der Waals surface area contributed by atoms with Gasteiger partial charge in [-0.05, 0) is 56.7 Å². The molecule has 0 aromatic heterocycles. The molecule has 1 aromatic carbocycles. The quantitative estimate of drug-likeness (QED) is 0.653. The van der Waals surface area contributed by atoms with Crippen molar-refractivity contribution in [1.82, 2.24) is 0 Å². The predicted octanol–water partition coefficient (Wildman–Crippen LogP) is 5.64. The molecule has 1 atom stereocenters. The van der Waals surface area contributed by atoms with Crippen LogP contribution in [0.4, 0.5) is 4.39 Å². The van der Waals surface area contributed by atoms with Gasteiger partial charge in [-0.2, -0.15) is 0 Å². The Hall–Kier alpha value is -1.28. The highest BCUT2D eigenvalue weighted by Gasteiger charge is 2.19. The molecule has 1 aliphatic carbocycles. The fraction of sp³-hybridized carbons (Fsp3) is 0.412. The van der Waals surface area contributed by atoms with Crippen LogP contribution in [0.3, 0.4) is 0 Å². The van der Waals surface area contributed by atoms with Crippen LogP contribution in [0.2, 0.25) is 5.02 Å². The van der Waals surface area contributed by atoms with Crippen LogP contribution < -0.4 is 4.74 Å². The summed E-state index contributed by atoms with van der Waals surface area (Å²) in [5.41, 5.74) is 1.66. The second-order valence-electron chi connectivity index (χ2n) is 4.96. The van der Waals surface area contributed by atoms with Gasteiger partial charge in [-0.1, -0.05) is 29.8 Å². The van der Waals surface area contributed by atoms with Crippen molar-refractivity contribution in [3.05, 3.63) is 46.8 Å². The number of allylic oxidation sites excluding steroid dienone is 4. The molecule has 0 bridgehead atoms. The maximum Gasteiger partial charge on any atom is 0.153 e. The van der Waals surface area contributed by atoms with E-state index in [0.717, 1.165) is 24.8 Å². The molecule has 0 spiro atoms. The van der Waals surface area contributed by atoms with Crippen molar-refractivity contribution < 1.29 is 9.13 Å². The zero-order valence-electron chi connectivity index (χ0n) is 12.0. The zero-order chi connectivity index (χ0) is 14.5. The Balaban J connectivity index is 2.24. The monoisotopic (exact) mass is 294 g/mol. The molecule has 3 heteroatoms. The lowest BCUT2D eigenvalue weighted by Gasteiger charge is -2.20. The van der Waals surface area contributed by atoms with Crippen LogP contribution in [0.15, 0.2) is 30.4 Å². The molecule has 1 aromatic rings. The van der Waals surface area contributed by atoms with Crippen molar-refractivity contribution >= 4 is 17.2 Å². The summed E-state index contributed by atoms with van der Waals surface area (Å²) in [6, 6.07) is 3.52. The molecule has 0 N–H and O–H groups in total.